The molecule has 0 heterocycles. The van der Waals surface area contributed by atoms with Gasteiger partial charge in [-0.2, -0.15) is 0 Å². The Balaban J connectivity index is 1.97. The van der Waals surface area contributed by atoms with Crippen LogP contribution in [0.4, 0.5) is 0 Å². The molecule has 0 N–H and O–H groups in total. The van der Waals surface area contributed by atoms with Crippen LogP contribution in [-0.4, -0.2) is 14.9 Å². The summed E-state index contributed by atoms with van der Waals surface area (Å²) in [7, 11) is -1.40. The van der Waals surface area contributed by atoms with E-state index >= 15 is 0 Å². The van der Waals surface area contributed by atoms with Crippen LogP contribution in [0.2, 0.25) is 18.6 Å². The van der Waals surface area contributed by atoms with E-state index in [-0.39, 0.29) is 0 Å². The molecule has 80 valence electrons. The highest BCUT2D eigenvalue weighted by Gasteiger charge is 2.46. The zero-order valence-corrected chi connectivity index (χ0v) is 10.6. The first-order valence-electron chi connectivity index (χ1n) is 5.95. The lowest BCUT2D eigenvalue weighted by Gasteiger charge is -2.33. The Hall–Kier alpha value is -0.0831. The summed E-state index contributed by atoms with van der Waals surface area (Å²) in [6.07, 6.45) is 8.85. The maximum atomic E-state index is 6.12. The lowest BCUT2D eigenvalue weighted by molar-refractivity contribution is 0.293. The fourth-order valence-corrected chi connectivity index (χ4v) is 6.15. The highest BCUT2D eigenvalue weighted by molar-refractivity contribution is 6.72. The van der Waals surface area contributed by atoms with E-state index in [1.54, 1.807) is 0 Å². The Bertz CT molecular complexity index is 234. The largest absolute Gasteiger partial charge is 0.417 e. The van der Waals surface area contributed by atoms with E-state index < -0.39 is 8.32 Å². The second-order valence-corrected chi connectivity index (χ2v) is 9.58. The molecule has 0 spiro atoms. The highest BCUT2D eigenvalue weighted by Crippen LogP contribution is 2.51. The van der Waals surface area contributed by atoms with Crippen molar-refractivity contribution in [1.29, 1.82) is 0 Å². The van der Waals surface area contributed by atoms with Crippen LogP contribution < -0.4 is 0 Å². The van der Waals surface area contributed by atoms with Crippen molar-refractivity contribution in [2.45, 2.75) is 44.8 Å². The zero-order chi connectivity index (χ0) is 10.2. The minimum atomic E-state index is -1.40. The lowest BCUT2D eigenvalue weighted by Crippen LogP contribution is -2.38. The third kappa shape index (κ3) is 1.82. The lowest BCUT2D eigenvalue weighted by atomic mass is 10.1. The number of hydrogen-bond donors (Lipinski definition) is 0. The summed E-state index contributed by atoms with van der Waals surface area (Å²) in [5, 5.41) is 0. The molecule has 1 saturated carbocycles. The van der Waals surface area contributed by atoms with Crippen molar-refractivity contribution in [1.82, 2.24) is 0 Å². The van der Waals surface area contributed by atoms with E-state index in [2.05, 4.69) is 32.2 Å². The average Bonchev–Trinajstić information content (AvgIpc) is 2.75. The molecule has 0 aliphatic heterocycles. The smallest absolute Gasteiger partial charge is 0.190 e. The van der Waals surface area contributed by atoms with Gasteiger partial charge in [-0.15, -0.1) is 0 Å². The summed E-state index contributed by atoms with van der Waals surface area (Å²) < 4.78 is 6.12. The maximum Gasteiger partial charge on any atom is 0.190 e. The van der Waals surface area contributed by atoms with Gasteiger partial charge in [-0.25, -0.2) is 0 Å². The molecule has 2 bridgehead atoms. The van der Waals surface area contributed by atoms with Gasteiger partial charge < -0.3 is 4.43 Å². The van der Waals surface area contributed by atoms with Crippen LogP contribution in [0.1, 0.15) is 26.2 Å². The molecule has 3 atom stereocenters. The summed E-state index contributed by atoms with van der Waals surface area (Å²) >= 11 is 0. The van der Waals surface area contributed by atoms with Gasteiger partial charge in [0.25, 0.3) is 0 Å². The van der Waals surface area contributed by atoms with Crippen molar-refractivity contribution < 1.29 is 4.43 Å². The van der Waals surface area contributed by atoms with Crippen molar-refractivity contribution in [3.63, 3.8) is 0 Å². The standard InChI is InChI=1S/C12H22OSi/c1-4-7-13-14(2,3)12-9-10-5-6-11(12)8-10/h5-6,10-12H,4,7-9H2,1-3H3. The van der Waals surface area contributed by atoms with E-state index in [9.17, 15) is 0 Å². The number of fused-ring (bicyclic) bond motifs is 2. The Labute approximate surface area is 88.7 Å². The second kappa shape index (κ2) is 3.82. The summed E-state index contributed by atoms with van der Waals surface area (Å²) in [5.41, 5.74) is 0.893. The molecule has 0 saturated heterocycles. The molecule has 3 unspecified atom stereocenters. The fraction of sp³-hybridized carbons (Fsp3) is 0.833. The van der Waals surface area contributed by atoms with Crippen LogP contribution in [0, 0.1) is 11.8 Å². The summed E-state index contributed by atoms with van der Waals surface area (Å²) in [4.78, 5) is 0. The van der Waals surface area contributed by atoms with Crippen molar-refractivity contribution in [2.75, 3.05) is 6.61 Å². The van der Waals surface area contributed by atoms with Crippen LogP contribution >= 0.6 is 0 Å². The predicted molar refractivity (Wildman–Crippen MR) is 62.8 cm³/mol. The number of hydrogen-bond acceptors (Lipinski definition) is 1. The molecular weight excluding hydrogens is 188 g/mol. The maximum absolute atomic E-state index is 6.12. The zero-order valence-electron chi connectivity index (χ0n) is 9.62. The van der Waals surface area contributed by atoms with Crippen molar-refractivity contribution in [2.24, 2.45) is 11.8 Å². The number of rotatable bonds is 4. The third-order valence-corrected chi connectivity index (χ3v) is 7.25. The van der Waals surface area contributed by atoms with Crippen LogP contribution in [-0.2, 0) is 4.43 Å². The first kappa shape index (κ1) is 10.4. The monoisotopic (exact) mass is 210 g/mol. The van der Waals surface area contributed by atoms with E-state index in [0.717, 1.165) is 30.4 Å². The van der Waals surface area contributed by atoms with E-state index in [4.69, 9.17) is 4.43 Å². The molecule has 2 aliphatic rings. The van der Waals surface area contributed by atoms with E-state index in [1.807, 2.05) is 0 Å². The predicted octanol–water partition coefficient (Wildman–Crippen LogP) is 3.58. The topological polar surface area (TPSA) is 9.23 Å². The summed E-state index contributed by atoms with van der Waals surface area (Å²) in [6, 6.07) is 0. The molecule has 2 aliphatic carbocycles. The van der Waals surface area contributed by atoms with Gasteiger partial charge in [-0.1, -0.05) is 19.1 Å². The van der Waals surface area contributed by atoms with Gasteiger partial charge in [-0.3, -0.25) is 0 Å². The molecule has 14 heavy (non-hydrogen) atoms. The first-order chi connectivity index (χ1) is 6.63. The number of allylic oxidation sites excluding steroid dienone is 2. The van der Waals surface area contributed by atoms with Gasteiger partial charge in [0, 0.05) is 6.61 Å². The SMILES string of the molecule is CCCO[Si](C)(C)C1CC2C=CC1C2. The Morgan fingerprint density at radius 3 is 2.57 bits per heavy atom. The van der Waals surface area contributed by atoms with Crippen molar-refractivity contribution in [3.8, 4) is 0 Å². The van der Waals surface area contributed by atoms with Gasteiger partial charge in [0.2, 0.25) is 0 Å². The van der Waals surface area contributed by atoms with Crippen molar-refractivity contribution in [3.05, 3.63) is 12.2 Å². The van der Waals surface area contributed by atoms with E-state index in [1.165, 1.54) is 12.8 Å². The highest BCUT2D eigenvalue weighted by atomic mass is 28.4. The Morgan fingerprint density at radius 2 is 2.07 bits per heavy atom. The van der Waals surface area contributed by atoms with Gasteiger partial charge >= 0.3 is 0 Å². The second-order valence-electron chi connectivity index (χ2n) is 5.34. The molecule has 0 aromatic rings. The Kier molecular flexibility index (Phi) is 2.85. The average molecular weight is 210 g/mol. The molecule has 0 aromatic carbocycles. The molecule has 0 amide bonds. The van der Waals surface area contributed by atoms with Crippen LogP contribution in [0.25, 0.3) is 0 Å². The minimum absolute atomic E-state index is 0.860. The molecule has 0 aromatic heterocycles. The molecule has 2 rings (SSSR count). The van der Waals surface area contributed by atoms with Gasteiger partial charge in [-0.05, 0) is 49.7 Å². The Morgan fingerprint density at radius 1 is 1.29 bits per heavy atom. The van der Waals surface area contributed by atoms with Gasteiger partial charge in [0.15, 0.2) is 8.32 Å². The van der Waals surface area contributed by atoms with Gasteiger partial charge in [0.1, 0.15) is 0 Å². The molecule has 2 heteroatoms. The van der Waals surface area contributed by atoms with E-state index in [0.29, 0.717) is 0 Å². The normalized spacial score (nSPS) is 35.5. The molecule has 1 fully saturated rings. The quantitative estimate of drug-likeness (QED) is 0.509. The summed E-state index contributed by atoms with van der Waals surface area (Å²) in [6.45, 7) is 7.98. The van der Waals surface area contributed by atoms with Crippen LogP contribution in [0.15, 0.2) is 12.2 Å². The van der Waals surface area contributed by atoms with Crippen LogP contribution in [0.5, 0.6) is 0 Å². The van der Waals surface area contributed by atoms with Crippen LogP contribution in [0.3, 0.4) is 0 Å². The molecule has 0 radical (unpaired) electrons. The molecule has 1 nitrogen and oxygen atoms in total. The molecular formula is C12H22OSi. The summed E-state index contributed by atoms with van der Waals surface area (Å²) in [5.74, 6) is 1.75. The first-order valence-corrected chi connectivity index (χ1v) is 8.94. The third-order valence-electron chi connectivity index (χ3n) is 3.85. The van der Waals surface area contributed by atoms with Crippen molar-refractivity contribution >= 4 is 8.32 Å². The minimum Gasteiger partial charge on any atom is -0.417 e. The van der Waals surface area contributed by atoms with Gasteiger partial charge in [0.05, 0.1) is 0 Å². The fourth-order valence-electron chi connectivity index (χ4n) is 3.05.